The Balaban J connectivity index is 2.69. The van der Waals surface area contributed by atoms with Crippen LogP contribution in [-0.2, 0) is 11.2 Å². The summed E-state index contributed by atoms with van der Waals surface area (Å²) < 4.78 is 12.6. The Bertz CT molecular complexity index is 316. The molecule has 0 radical (unpaired) electrons. The molecule has 1 aromatic rings. The van der Waals surface area contributed by atoms with Gasteiger partial charge in [-0.15, -0.1) is 0 Å². The lowest BCUT2D eigenvalue weighted by molar-refractivity contribution is -0.119. The summed E-state index contributed by atoms with van der Waals surface area (Å²) in [5.74, 6) is -1.06. The number of primary amides is 1. The van der Waals surface area contributed by atoms with Gasteiger partial charge in [-0.25, -0.2) is 4.39 Å². The molecule has 0 aliphatic carbocycles. The SMILES string of the molecule is NC(=O)C(N)Cc1cncc(F)c1. The number of carbonyl (C=O) groups excluding carboxylic acids is 1. The largest absolute Gasteiger partial charge is 0.368 e. The molecule has 0 aromatic carbocycles. The first kappa shape index (κ1) is 9.60. The monoisotopic (exact) mass is 183 g/mol. The molecule has 0 fully saturated rings. The summed E-state index contributed by atoms with van der Waals surface area (Å²) in [7, 11) is 0. The van der Waals surface area contributed by atoms with Crippen LogP contribution in [0.4, 0.5) is 4.39 Å². The number of aromatic nitrogens is 1. The smallest absolute Gasteiger partial charge is 0.234 e. The van der Waals surface area contributed by atoms with Crippen molar-refractivity contribution in [2.45, 2.75) is 12.5 Å². The molecular formula is C8H10FN3O. The Hall–Kier alpha value is -1.49. The number of pyridine rings is 1. The standard InChI is InChI=1S/C8H10FN3O/c9-6-1-5(3-12-4-6)2-7(10)8(11)13/h1,3-4,7H,2,10H2,(H2,11,13). The molecular weight excluding hydrogens is 173 g/mol. The van der Waals surface area contributed by atoms with Gasteiger partial charge in [-0.2, -0.15) is 0 Å². The number of rotatable bonds is 3. The average Bonchev–Trinajstić information content (AvgIpc) is 2.04. The van der Waals surface area contributed by atoms with Crippen LogP contribution in [-0.4, -0.2) is 16.9 Å². The lowest BCUT2D eigenvalue weighted by atomic mass is 10.1. The van der Waals surface area contributed by atoms with Gasteiger partial charge >= 0.3 is 0 Å². The molecule has 4 N–H and O–H groups in total. The highest BCUT2D eigenvalue weighted by molar-refractivity contribution is 5.79. The van der Waals surface area contributed by atoms with Gasteiger partial charge in [0.15, 0.2) is 0 Å². The molecule has 1 unspecified atom stereocenters. The number of nitrogens with zero attached hydrogens (tertiary/aromatic N) is 1. The third-order valence-electron chi connectivity index (χ3n) is 1.58. The second-order valence-corrected chi connectivity index (χ2v) is 2.72. The van der Waals surface area contributed by atoms with Gasteiger partial charge in [0.25, 0.3) is 0 Å². The van der Waals surface area contributed by atoms with E-state index < -0.39 is 17.8 Å². The minimum absolute atomic E-state index is 0.208. The molecule has 1 heterocycles. The van der Waals surface area contributed by atoms with E-state index in [1.165, 1.54) is 12.3 Å². The summed E-state index contributed by atoms with van der Waals surface area (Å²) in [6, 6.07) is 0.485. The molecule has 0 aliphatic heterocycles. The molecule has 1 aromatic heterocycles. The van der Waals surface area contributed by atoms with E-state index >= 15 is 0 Å². The summed E-state index contributed by atoms with van der Waals surface area (Å²) in [6.07, 6.45) is 2.74. The first-order valence-electron chi connectivity index (χ1n) is 3.74. The Kier molecular flexibility index (Phi) is 2.92. The maximum Gasteiger partial charge on any atom is 0.234 e. The van der Waals surface area contributed by atoms with Crippen molar-refractivity contribution in [3.8, 4) is 0 Å². The van der Waals surface area contributed by atoms with E-state index in [9.17, 15) is 9.18 Å². The number of hydrogen-bond donors (Lipinski definition) is 2. The normalized spacial score (nSPS) is 12.5. The first-order chi connectivity index (χ1) is 6.09. The predicted octanol–water partition coefficient (Wildman–Crippen LogP) is -0.424. The van der Waals surface area contributed by atoms with Crippen LogP contribution in [0.1, 0.15) is 5.56 Å². The van der Waals surface area contributed by atoms with Crippen LogP contribution in [0, 0.1) is 5.82 Å². The van der Waals surface area contributed by atoms with E-state index in [1.54, 1.807) is 0 Å². The second-order valence-electron chi connectivity index (χ2n) is 2.72. The third kappa shape index (κ3) is 2.79. The van der Waals surface area contributed by atoms with Gasteiger partial charge in [-0.1, -0.05) is 0 Å². The zero-order valence-electron chi connectivity index (χ0n) is 6.90. The minimum atomic E-state index is -0.788. The topological polar surface area (TPSA) is 82.0 Å². The number of halogens is 1. The average molecular weight is 183 g/mol. The fourth-order valence-corrected chi connectivity index (χ4v) is 0.922. The summed E-state index contributed by atoms with van der Waals surface area (Å²) in [4.78, 5) is 14.2. The van der Waals surface area contributed by atoms with Crippen LogP contribution in [0.25, 0.3) is 0 Å². The van der Waals surface area contributed by atoms with Gasteiger partial charge in [0.05, 0.1) is 12.2 Å². The predicted molar refractivity (Wildman–Crippen MR) is 45.1 cm³/mol. The van der Waals surface area contributed by atoms with Crippen molar-refractivity contribution >= 4 is 5.91 Å². The molecule has 13 heavy (non-hydrogen) atoms. The van der Waals surface area contributed by atoms with Crippen LogP contribution in [0.5, 0.6) is 0 Å². The molecule has 1 atom stereocenters. The van der Waals surface area contributed by atoms with Crippen molar-refractivity contribution < 1.29 is 9.18 Å². The van der Waals surface area contributed by atoms with Gasteiger partial charge in [-0.3, -0.25) is 9.78 Å². The van der Waals surface area contributed by atoms with Crippen LogP contribution in [0.2, 0.25) is 0 Å². The summed E-state index contributed by atoms with van der Waals surface area (Å²) in [5.41, 5.74) is 10.9. The lowest BCUT2D eigenvalue weighted by Crippen LogP contribution is -2.38. The lowest BCUT2D eigenvalue weighted by Gasteiger charge is -2.06. The molecule has 0 spiro atoms. The van der Waals surface area contributed by atoms with Crippen molar-refractivity contribution in [2.24, 2.45) is 11.5 Å². The molecule has 0 saturated heterocycles. The summed E-state index contributed by atoms with van der Waals surface area (Å²) in [5, 5.41) is 0. The molecule has 70 valence electrons. The fraction of sp³-hybridized carbons (Fsp3) is 0.250. The first-order valence-corrected chi connectivity index (χ1v) is 3.74. The third-order valence-corrected chi connectivity index (χ3v) is 1.58. The van der Waals surface area contributed by atoms with E-state index in [-0.39, 0.29) is 6.42 Å². The van der Waals surface area contributed by atoms with Gasteiger partial charge < -0.3 is 11.5 Å². The maximum atomic E-state index is 12.6. The Morgan fingerprint density at radius 3 is 2.85 bits per heavy atom. The quantitative estimate of drug-likeness (QED) is 0.667. The van der Waals surface area contributed by atoms with Crippen molar-refractivity contribution in [3.63, 3.8) is 0 Å². The Morgan fingerprint density at radius 1 is 1.62 bits per heavy atom. The van der Waals surface area contributed by atoms with Crippen LogP contribution < -0.4 is 11.5 Å². The molecule has 0 bridgehead atoms. The Morgan fingerprint density at radius 2 is 2.31 bits per heavy atom. The van der Waals surface area contributed by atoms with Crippen molar-refractivity contribution in [1.82, 2.24) is 4.98 Å². The highest BCUT2D eigenvalue weighted by Gasteiger charge is 2.10. The van der Waals surface area contributed by atoms with Crippen molar-refractivity contribution in [3.05, 3.63) is 29.8 Å². The number of nitrogens with two attached hydrogens (primary N) is 2. The van der Waals surface area contributed by atoms with E-state index in [0.717, 1.165) is 6.20 Å². The van der Waals surface area contributed by atoms with E-state index in [1.807, 2.05) is 0 Å². The van der Waals surface area contributed by atoms with Crippen LogP contribution in [0.3, 0.4) is 0 Å². The van der Waals surface area contributed by atoms with Gasteiger partial charge in [0.1, 0.15) is 5.82 Å². The number of hydrogen-bond acceptors (Lipinski definition) is 3. The van der Waals surface area contributed by atoms with E-state index in [4.69, 9.17) is 11.5 Å². The summed E-state index contributed by atoms with van der Waals surface area (Å²) in [6.45, 7) is 0. The molecule has 1 amide bonds. The molecule has 5 heteroatoms. The zero-order chi connectivity index (χ0) is 9.84. The molecule has 0 aliphatic rings. The van der Waals surface area contributed by atoms with Crippen LogP contribution in [0.15, 0.2) is 18.5 Å². The fourth-order valence-electron chi connectivity index (χ4n) is 0.922. The van der Waals surface area contributed by atoms with E-state index in [2.05, 4.69) is 4.98 Å². The zero-order valence-corrected chi connectivity index (χ0v) is 6.90. The molecule has 1 rings (SSSR count). The van der Waals surface area contributed by atoms with Gasteiger partial charge in [-0.05, 0) is 18.1 Å². The molecule has 4 nitrogen and oxygen atoms in total. The highest BCUT2D eigenvalue weighted by atomic mass is 19.1. The van der Waals surface area contributed by atoms with E-state index in [0.29, 0.717) is 5.56 Å². The van der Waals surface area contributed by atoms with Gasteiger partial charge in [0.2, 0.25) is 5.91 Å². The highest BCUT2D eigenvalue weighted by Crippen LogP contribution is 2.02. The maximum absolute atomic E-state index is 12.6. The van der Waals surface area contributed by atoms with Crippen molar-refractivity contribution in [2.75, 3.05) is 0 Å². The number of amides is 1. The Labute approximate surface area is 74.8 Å². The summed E-state index contributed by atoms with van der Waals surface area (Å²) >= 11 is 0. The minimum Gasteiger partial charge on any atom is -0.368 e. The van der Waals surface area contributed by atoms with Crippen LogP contribution >= 0.6 is 0 Å². The second kappa shape index (κ2) is 3.95. The van der Waals surface area contributed by atoms with Gasteiger partial charge in [0, 0.05) is 6.20 Å². The number of carbonyl (C=O) groups is 1. The van der Waals surface area contributed by atoms with Crippen molar-refractivity contribution in [1.29, 1.82) is 0 Å². The molecule has 0 saturated carbocycles.